The number of ether oxygens (including phenoxy) is 2. The highest BCUT2D eigenvalue weighted by Crippen LogP contribution is 2.31. The lowest BCUT2D eigenvalue weighted by atomic mass is 10.2. The van der Waals surface area contributed by atoms with Gasteiger partial charge in [-0.05, 0) is 12.1 Å². The molecule has 1 unspecified atom stereocenters. The highest BCUT2D eigenvalue weighted by atomic mass is 32.2. The third-order valence-corrected chi connectivity index (χ3v) is 6.35. The molecule has 0 fully saturated rings. The molecular formula is C21H20N2O3S2. The van der Waals surface area contributed by atoms with Crippen molar-refractivity contribution in [2.75, 3.05) is 26.0 Å². The Kier molecular flexibility index (Phi) is 5.83. The number of aromatic nitrogens is 1. The summed E-state index contributed by atoms with van der Waals surface area (Å²) >= 11 is 3.03. The zero-order valence-corrected chi connectivity index (χ0v) is 17.0. The average molecular weight is 413 g/mol. The van der Waals surface area contributed by atoms with E-state index >= 15 is 0 Å². The Balaban J connectivity index is 1.28. The zero-order chi connectivity index (χ0) is 19.3. The predicted molar refractivity (Wildman–Crippen MR) is 112 cm³/mol. The Hall–Kier alpha value is -2.51. The van der Waals surface area contributed by atoms with Gasteiger partial charge < -0.3 is 14.4 Å². The molecule has 0 spiro atoms. The molecule has 144 valence electrons. The molecular weight excluding hydrogens is 392 g/mol. The first-order valence-corrected chi connectivity index (χ1v) is 10.8. The molecule has 0 N–H and O–H groups in total. The van der Waals surface area contributed by atoms with Crippen molar-refractivity contribution in [3.8, 4) is 22.8 Å². The second-order valence-corrected chi connectivity index (χ2v) is 8.51. The summed E-state index contributed by atoms with van der Waals surface area (Å²) in [6, 6.07) is 17.6. The summed E-state index contributed by atoms with van der Waals surface area (Å²) < 4.78 is 12.5. The summed E-state index contributed by atoms with van der Waals surface area (Å²) in [5.41, 5.74) is 2.03. The molecule has 5 nitrogen and oxygen atoms in total. The monoisotopic (exact) mass is 412 g/mol. The van der Waals surface area contributed by atoms with E-state index in [0.717, 1.165) is 27.1 Å². The van der Waals surface area contributed by atoms with E-state index in [1.54, 1.807) is 23.3 Å². The predicted octanol–water partition coefficient (Wildman–Crippen LogP) is 4.20. The van der Waals surface area contributed by atoms with Crippen LogP contribution in [0.4, 0.5) is 0 Å². The van der Waals surface area contributed by atoms with Crippen LogP contribution < -0.4 is 9.47 Å². The molecule has 0 saturated heterocycles. The van der Waals surface area contributed by atoms with Crippen LogP contribution in [0.2, 0.25) is 0 Å². The van der Waals surface area contributed by atoms with Gasteiger partial charge in [0.25, 0.3) is 0 Å². The minimum Gasteiger partial charge on any atom is -0.486 e. The third kappa shape index (κ3) is 4.48. The van der Waals surface area contributed by atoms with Gasteiger partial charge in [-0.2, -0.15) is 0 Å². The summed E-state index contributed by atoms with van der Waals surface area (Å²) in [6.07, 6.45) is -0.168. The lowest BCUT2D eigenvalue weighted by Crippen LogP contribution is -2.42. The van der Waals surface area contributed by atoms with Crippen molar-refractivity contribution in [1.82, 2.24) is 9.88 Å². The molecule has 2 heterocycles. The molecule has 1 aliphatic heterocycles. The summed E-state index contributed by atoms with van der Waals surface area (Å²) in [6.45, 7) is 0.926. The van der Waals surface area contributed by atoms with Gasteiger partial charge in [-0.1, -0.05) is 54.2 Å². The minimum absolute atomic E-state index is 0.0453. The van der Waals surface area contributed by atoms with Crippen molar-refractivity contribution >= 4 is 29.0 Å². The zero-order valence-electron chi connectivity index (χ0n) is 15.4. The van der Waals surface area contributed by atoms with Gasteiger partial charge in [-0.15, -0.1) is 11.3 Å². The summed E-state index contributed by atoms with van der Waals surface area (Å²) in [4.78, 5) is 18.8. The molecule has 1 aromatic heterocycles. The van der Waals surface area contributed by atoms with E-state index in [0.29, 0.717) is 18.9 Å². The van der Waals surface area contributed by atoms with Crippen molar-refractivity contribution < 1.29 is 14.3 Å². The van der Waals surface area contributed by atoms with Crippen LogP contribution in [0.15, 0.2) is 64.3 Å². The normalized spacial score (nSPS) is 15.2. The Labute approximate surface area is 172 Å². The van der Waals surface area contributed by atoms with E-state index in [1.165, 1.54) is 11.8 Å². The van der Waals surface area contributed by atoms with Gasteiger partial charge in [-0.25, -0.2) is 4.98 Å². The maximum atomic E-state index is 12.5. The van der Waals surface area contributed by atoms with Crippen LogP contribution in [-0.4, -0.2) is 47.8 Å². The topological polar surface area (TPSA) is 51.7 Å². The largest absolute Gasteiger partial charge is 0.486 e. The number of carbonyl (C=O) groups excluding carboxylic acids is 1. The number of benzene rings is 2. The standard InChI is InChI=1S/C21H20N2O3S2/c1-23(11-16-12-25-18-9-5-6-10-19(18)26-16)20(24)14-28-21-22-17(13-27-21)15-7-3-2-4-8-15/h2-10,13,16H,11-12,14H2,1H3. The molecule has 7 heteroatoms. The Bertz CT molecular complexity index is 946. The number of amides is 1. The number of likely N-dealkylation sites (N-methyl/N-ethyl adjacent to an activating group) is 1. The number of fused-ring (bicyclic) bond motifs is 1. The van der Waals surface area contributed by atoms with Crippen molar-refractivity contribution in [1.29, 1.82) is 0 Å². The van der Waals surface area contributed by atoms with Crippen LogP contribution >= 0.6 is 23.1 Å². The molecule has 4 rings (SSSR count). The molecule has 1 amide bonds. The average Bonchev–Trinajstić information content (AvgIpc) is 3.21. The van der Waals surface area contributed by atoms with Gasteiger partial charge in [0.05, 0.1) is 18.0 Å². The van der Waals surface area contributed by atoms with Crippen molar-refractivity contribution in [2.24, 2.45) is 0 Å². The van der Waals surface area contributed by atoms with E-state index in [1.807, 2.05) is 60.0 Å². The smallest absolute Gasteiger partial charge is 0.232 e. The van der Waals surface area contributed by atoms with Gasteiger partial charge in [0, 0.05) is 18.0 Å². The molecule has 0 aliphatic carbocycles. The van der Waals surface area contributed by atoms with Crippen molar-refractivity contribution in [3.63, 3.8) is 0 Å². The summed E-state index contributed by atoms with van der Waals surface area (Å²) in [7, 11) is 1.80. The number of thiazole rings is 1. The van der Waals surface area contributed by atoms with Gasteiger partial charge in [0.15, 0.2) is 21.9 Å². The quantitative estimate of drug-likeness (QED) is 0.568. The van der Waals surface area contributed by atoms with Gasteiger partial charge in [0.2, 0.25) is 5.91 Å². The Morgan fingerprint density at radius 3 is 2.75 bits per heavy atom. The number of carbonyl (C=O) groups is 1. The first kappa shape index (κ1) is 18.8. The van der Waals surface area contributed by atoms with Crippen molar-refractivity contribution in [2.45, 2.75) is 10.4 Å². The number of para-hydroxylation sites is 2. The van der Waals surface area contributed by atoms with E-state index in [2.05, 4.69) is 4.98 Å². The molecule has 2 aromatic carbocycles. The minimum atomic E-state index is -0.168. The molecule has 0 saturated carbocycles. The van der Waals surface area contributed by atoms with Crippen molar-refractivity contribution in [3.05, 3.63) is 60.0 Å². The Morgan fingerprint density at radius 2 is 1.93 bits per heavy atom. The summed E-state index contributed by atoms with van der Waals surface area (Å²) in [5, 5.41) is 2.02. The lowest BCUT2D eigenvalue weighted by Gasteiger charge is -2.29. The first-order valence-electron chi connectivity index (χ1n) is 8.95. The van der Waals surface area contributed by atoms with Gasteiger partial charge >= 0.3 is 0 Å². The lowest BCUT2D eigenvalue weighted by molar-refractivity contribution is -0.128. The van der Waals surface area contributed by atoms with Gasteiger partial charge in [-0.3, -0.25) is 4.79 Å². The molecule has 28 heavy (non-hydrogen) atoms. The molecule has 0 radical (unpaired) electrons. The van der Waals surface area contributed by atoms with Crippen LogP contribution in [0.3, 0.4) is 0 Å². The third-order valence-electron chi connectivity index (χ3n) is 4.34. The Morgan fingerprint density at radius 1 is 1.18 bits per heavy atom. The van der Waals surface area contributed by atoms with E-state index in [-0.39, 0.29) is 12.0 Å². The van der Waals surface area contributed by atoms with E-state index in [9.17, 15) is 4.79 Å². The number of thioether (sulfide) groups is 1. The van der Waals surface area contributed by atoms with Crippen LogP contribution in [0.25, 0.3) is 11.3 Å². The first-order chi connectivity index (χ1) is 13.7. The summed E-state index contributed by atoms with van der Waals surface area (Å²) in [5.74, 6) is 1.87. The fourth-order valence-corrected chi connectivity index (χ4v) is 4.63. The fourth-order valence-electron chi connectivity index (χ4n) is 2.86. The van der Waals surface area contributed by atoms with Gasteiger partial charge in [0.1, 0.15) is 6.61 Å². The molecule has 0 bridgehead atoms. The second-order valence-electron chi connectivity index (χ2n) is 6.43. The van der Waals surface area contributed by atoms with Crippen LogP contribution in [0.1, 0.15) is 0 Å². The number of nitrogens with zero attached hydrogens (tertiary/aromatic N) is 2. The highest BCUT2D eigenvalue weighted by Gasteiger charge is 2.23. The fraction of sp³-hybridized carbons (Fsp3) is 0.238. The molecule has 1 atom stereocenters. The highest BCUT2D eigenvalue weighted by molar-refractivity contribution is 8.01. The van der Waals surface area contributed by atoms with E-state index < -0.39 is 0 Å². The number of hydrogen-bond acceptors (Lipinski definition) is 6. The van der Waals surface area contributed by atoms with Crippen LogP contribution in [-0.2, 0) is 4.79 Å². The molecule has 1 aliphatic rings. The van der Waals surface area contributed by atoms with Crippen LogP contribution in [0, 0.1) is 0 Å². The SMILES string of the molecule is CN(CC1COc2ccccc2O1)C(=O)CSc1nc(-c2ccccc2)cs1. The maximum Gasteiger partial charge on any atom is 0.232 e. The van der Waals surface area contributed by atoms with Crippen LogP contribution in [0.5, 0.6) is 11.5 Å². The van der Waals surface area contributed by atoms with E-state index in [4.69, 9.17) is 9.47 Å². The maximum absolute atomic E-state index is 12.5. The number of hydrogen-bond donors (Lipinski definition) is 0. The number of rotatable bonds is 6. The molecule has 3 aromatic rings. The second kappa shape index (κ2) is 8.67.